The molecular formula is C34H51NO3. The number of hydrogen-bond acceptors (Lipinski definition) is 4. The second-order valence-corrected chi connectivity index (χ2v) is 15.4. The number of furan rings is 1. The minimum Gasteiger partial charge on any atom is -0.465 e. The summed E-state index contributed by atoms with van der Waals surface area (Å²) in [4.78, 5) is 13.7. The number of nitrogens with one attached hydrogen (secondary N) is 1. The third kappa shape index (κ3) is 3.64. The molecule has 1 aliphatic heterocycles. The van der Waals surface area contributed by atoms with Gasteiger partial charge in [-0.1, -0.05) is 20.8 Å². The molecule has 2 N–H and O–H groups in total. The van der Waals surface area contributed by atoms with Gasteiger partial charge in [-0.15, -0.1) is 0 Å². The van der Waals surface area contributed by atoms with Crippen molar-refractivity contribution in [1.82, 2.24) is 5.32 Å². The lowest BCUT2D eigenvalue weighted by atomic mass is 9.33. The molecule has 9 atom stereocenters. The molecule has 0 aromatic carbocycles. The number of carbonyl (C=O) groups excluding carboxylic acids is 1. The first-order valence-corrected chi connectivity index (χ1v) is 15.6. The van der Waals surface area contributed by atoms with E-state index >= 15 is 0 Å². The topological polar surface area (TPSA) is 62.5 Å². The Hall–Kier alpha value is -1.39. The van der Waals surface area contributed by atoms with Crippen LogP contribution < -0.4 is 5.32 Å². The summed E-state index contributed by atoms with van der Waals surface area (Å²) in [7, 11) is 0. The summed E-state index contributed by atoms with van der Waals surface area (Å²) in [5, 5.41) is 14.8. The minimum absolute atomic E-state index is 0.0195. The highest BCUT2D eigenvalue weighted by Crippen LogP contribution is 2.76. The van der Waals surface area contributed by atoms with Gasteiger partial charge in [-0.25, -0.2) is 0 Å². The number of aliphatic hydroxyl groups excluding tert-OH is 1. The number of allylic oxidation sites excluding steroid dienone is 1. The lowest BCUT2D eigenvalue weighted by Gasteiger charge is -2.71. The molecule has 4 nitrogen and oxygen atoms in total. The van der Waals surface area contributed by atoms with Gasteiger partial charge in [0, 0.05) is 18.1 Å². The van der Waals surface area contributed by atoms with Crippen molar-refractivity contribution in [3.63, 3.8) is 0 Å². The molecular weight excluding hydrogens is 470 g/mol. The molecule has 1 aromatic rings. The Morgan fingerprint density at radius 2 is 1.82 bits per heavy atom. The quantitative estimate of drug-likeness (QED) is 0.409. The molecule has 5 fully saturated rings. The van der Waals surface area contributed by atoms with Crippen molar-refractivity contribution in [3.8, 4) is 0 Å². The van der Waals surface area contributed by atoms with E-state index in [0.717, 1.165) is 37.5 Å². The van der Waals surface area contributed by atoms with Crippen LogP contribution in [0.25, 0.3) is 6.08 Å². The highest BCUT2D eigenvalue weighted by atomic mass is 16.3. The maximum absolute atomic E-state index is 13.7. The molecule has 5 aliphatic rings. The number of fused-ring (bicyclic) bond motifs is 7. The molecule has 4 heteroatoms. The van der Waals surface area contributed by atoms with E-state index in [9.17, 15) is 9.90 Å². The zero-order valence-corrected chi connectivity index (χ0v) is 24.5. The largest absolute Gasteiger partial charge is 0.465 e. The lowest BCUT2D eigenvalue weighted by molar-refractivity contribution is -0.227. The molecule has 4 aliphatic carbocycles. The lowest BCUT2D eigenvalue weighted by Crippen LogP contribution is -2.66. The van der Waals surface area contributed by atoms with Crippen molar-refractivity contribution in [2.75, 3.05) is 13.2 Å². The van der Waals surface area contributed by atoms with Crippen molar-refractivity contribution in [2.24, 2.45) is 51.2 Å². The summed E-state index contributed by atoms with van der Waals surface area (Å²) in [5.41, 5.74) is 0.956. The number of rotatable bonds is 4. The third-order valence-electron chi connectivity index (χ3n) is 13.9. The molecule has 38 heavy (non-hydrogen) atoms. The van der Waals surface area contributed by atoms with E-state index in [2.05, 4.69) is 39.9 Å². The fourth-order valence-electron chi connectivity index (χ4n) is 11.9. The van der Waals surface area contributed by atoms with Gasteiger partial charge in [0.1, 0.15) is 5.76 Å². The summed E-state index contributed by atoms with van der Waals surface area (Å²) in [5.74, 6) is 3.23. The Kier molecular flexibility index (Phi) is 6.39. The fraction of sp³-hybridized carbons (Fsp3) is 0.794. The van der Waals surface area contributed by atoms with Gasteiger partial charge in [0.05, 0.1) is 6.26 Å². The zero-order chi connectivity index (χ0) is 27.0. The maximum atomic E-state index is 13.7. The van der Waals surface area contributed by atoms with Gasteiger partial charge in [-0.2, -0.15) is 0 Å². The average molecular weight is 522 g/mol. The van der Waals surface area contributed by atoms with Crippen LogP contribution in [0.1, 0.15) is 105 Å². The van der Waals surface area contributed by atoms with Gasteiger partial charge in [-0.05, 0) is 154 Å². The second kappa shape index (κ2) is 9.06. The van der Waals surface area contributed by atoms with E-state index < -0.39 is 0 Å². The van der Waals surface area contributed by atoms with Crippen LogP contribution in [0.2, 0.25) is 0 Å². The van der Waals surface area contributed by atoms with E-state index in [4.69, 9.17) is 4.42 Å². The highest BCUT2D eigenvalue weighted by molar-refractivity contribution is 5.95. The van der Waals surface area contributed by atoms with Crippen LogP contribution in [-0.4, -0.2) is 29.6 Å². The molecule has 4 saturated carbocycles. The molecule has 1 aromatic heterocycles. The van der Waals surface area contributed by atoms with Gasteiger partial charge in [0.25, 0.3) is 0 Å². The Labute approximate surface area is 230 Å². The minimum atomic E-state index is -0.0818. The first kappa shape index (κ1) is 26.8. The molecule has 0 unspecified atom stereocenters. The summed E-state index contributed by atoms with van der Waals surface area (Å²) < 4.78 is 5.46. The molecule has 0 spiro atoms. The molecule has 210 valence electrons. The van der Waals surface area contributed by atoms with Crippen molar-refractivity contribution in [2.45, 2.75) is 104 Å². The van der Waals surface area contributed by atoms with Gasteiger partial charge in [0.2, 0.25) is 0 Å². The number of ketones is 1. The second-order valence-electron chi connectivity index (χ2n) is 15.4. The standard InChI is InChI=1S/C34H51NO3/c1-30(2)27-14-16-33(5)28(31(27,3)15-7-20-35-30)12-10-25-29-24(26(37)11-9-23-8-6-21-38-23)13-17-34(29,22-36)19-18-32(25,33)4/h6,8-9,11,21,24-25,27-29,35-36H,7,10,12-20,22H2,1-5H3/b11-9+/t24-,25+,27-,28+,29+,31-,32+,33+,34+/m0/s1. The summed E-state index contributed by atoms with van der Waals surface area (Å²) in [6.07, 6.45) is 17.1. The number of carbonyl (C=O) groups is 1. The Morgan fingerprint density at radius 3 is 2.55 bits per heavy atom. The smallest absolute Gasteiger partial charge is 0.159 e. The predicted octanol–water partition coefficient (Wildman–Crippen LogP) is 7.28. The van der Waals surface area contributed by atoms with Crippen molar-refractivity contribution >= 4 is 11.9 Å². The summed E-state index contributed by atoms with van der Waals surface area (Å²) in [6.45, 7) is 14.2. The van der Waals surface area contributed by atoms with Crippen LogP contribution in [0.3, 0.4) is 0 Å². The normalized spacial score (nSPS) is 48.0. The highest BCUT2D eigenvalue weighted by Gasteiger charge is 2.70. The van der Waals surface area contributed by atoms with Gasteiger partial charge in [0.15, 0.2) is 5.78 Å². The monoisotopic (exact) mass is 521 g/mol. The number of hydrogen-bond donors (Lipinski definition) is 2. The van der Waals surface area contributed by atoms with E-state index in [1.54, 1.807) is 12.3 Å². The van der Waals surface area contributed by atoms with E-state index in [1.165, 1.54) is 44.9 Å². The van der Waals surface area contributed by atoms with Gasteiger partial charge >= 0.3 is 0 Å². The summed E-state index contributed by atoms with van der Waals surface area (Å²) >= 11 is 0. The van der Waals surface area contributed by atoms with E-state index in [0.29, 0.717) is 17.3 Å². The van der Waals surface area contributed by atoms with Crippen LogP contribution in [-0.2, 0) is 4.79 Å². The number of aliphatic hydroxyl groups is 1. The van der Waals surface area contributed by atoms with Crippen LogP contribution in [0, 0.1) is 51.2 Å². The molecule has 0 radical (unpaired) electrons. The SMILES string of the molecule is CC1(C)NCCC[C@]2(C)[C@H]3CC[C@@H]4[C@H]5[C@H](C(=O)/C=C/c6ccco6)CC[C@]5(CO)CC[C@@]4(C)[C@]3(C)CC[C@@H]12. The van der Waals surface area contributed by atoms with Crippen LogP contribution in [0.15, 0.2) is 28.9 Å². The van der Waals surface area contributed by atoms with Crippen molar-refractivity contribution in [3.05, 3.63) is 30.2 Å². The first-order chi connectivity index (χ1) is 18.0. The molecule has 1 saturated heterocycles. The van der Waals surface area contributed by atoms with Gasteiger partial charge in [-0.3, -0.25) is 4.79 Å². The average Bonchev–Trinajstić information content (AvgIpc) is 3.52. The Morgan fingerprint density at radius 1 is 1.00 bits per heavy atom. The van der Waals surface area contributed by atoms with Crippen molar-refractivity contribution < 1.29 is 14.3 Å². The molecule has 0 bridgehead atoms. The van der Waals surface area contributed by atoms with Gasteiger partial charge < -0.3 is 14.8 Å². The van der Waals surface area contributed by atoms with Crippen LogP contribution in [0.4, 0.5) is 0 Å². The third-order valence-corrected chi connectivity index (χ3v) is 13.9. The van der Waals surface area contributed by atoms with Crippen LogP contribution in [0.5, 0.6) is 0 Å². The van der Waals surface area contributed by atoms with Crippen molar-refractivity contribution in [1.29, 1.82) is 0 Å². The predicted molar refractivity (Wildman–Crippen MR) is 152 cm³/mol. The molecule has 2 heterocycles. The zero-order valence-electron chi connectivity index (χ0n) is 24.5. The van der Waals surface area contributed by atoms with E-state index in [-0.39, 0.29) is 46.0 Å². The Bertz CT molecular complexity index is 1080. The summed E-state index contributed by atoms with van der Waals surface area (Å²) in [6, 6.07) is 3.76. The van der Waals surface area contributed by atoms with Crippen LogP contribution >= 0.6 is 0 Å². The fourth-order valence-corrected chi connectivity index (χ4v) is 11.9. The van der Waals surface area contributed by atoms with E-state index in [1.807, 2.05) is 18.2 Å². The Balaban J connectivity index is 1.35. The molecule has 0 amide bonds. The molecule has 6 rings (SSSR count). The maximum Gasteiger partial charge on any atom is 0.159 e. The first-order valence-electron chi connectivity index (χ1n) is 15.6.